The summed E-state index contributed by atoms with van der Waals surface area (Å²) in [5, 5.41) is 13.2. The normalized spacial score (nSPS) is 18.1. The van der Waals surface area contributed by atoms with Gasteiger partial charge in [-0.05, 0) is 51.7 Å². The Labute approximate surface area is 138 Å². The molecule has 128 valence electrons. The lowest BCUT2D eigenvalue weighted by atomic mass is 9.97. The molecule has 0 aromatic heterocycles. The van der Waals surface area contributed by atoms with Gasteiger partial charge in [-0.1, -0.05) is 18.2 Å². The molecular formula is C18H28N2O3. The van der Waals surface area contributed by atoms with Crippen LogP contribution in [0.1, 0.15) is 39.2 Å². The lowest BCUT2D eigenvalue weighted by Crippen LogP contribution is -2.51. The van der Waals surface area contributed by atoms with E-state index in [0.29, 0.717) is 19.7 Å². The zero-order chi connectivity index (χ0) is 16.9. The van der Waals surface area contributed by atoms with Gasteiger partial charge in [0.05, 0.1) is 18.2 Å². The summed E-state index contributed by atoms with van der Waals surface area (Å²) in [6.45, 7) is 7.38. The SMILES string of the molecule is CCOc1ccccc1CCNC(=O)N1CCCC1C(C)(C)O. The van der Waals surface area contributed by atoms with E-state index in [4.69, 9.17) is 4.74 Å². The number of nitrogens with zero attached hydrogens (tertiary/aromatic N) is 1. The van der Waals surface area contributed by atoms with E-state index in [-0.39, 0.29) is 12.1 Å². The van der Waals surface area contributed by atoms with Crippen molar-refractivity contribution < 1.29 is 14.6 Å². The van der Waals surface area contributed by atoms with Crippen molar-refractivity contribution in [3.63, 3.8) is 0 Å². The van der Waals surface area contributed by atoms with Crippen LogP contribution in [0.2, 0.25) is 0 Å². The highest BCUT2D eigenvalue weighted by Gasteiger charge is 2.38. The van der Waals surface area contributed by atoms with Crippen molar-refractivity contribution in [3.8, 4) is 5.75 Å². The first-order chi connectivity index (χ1) is 10.9. The van der Waals surface area contributed by atoms with Gasteiger partial charge in [0.25, 0.3) is 0 Å². The number of carbonyl (C=O) groups is 1. The minimum absolute atomic E-state index is 0.0940. The Morgan fingerprint density at radius 2 is 2.17 bits per heavy atom. The molecule has 1 aromatic rings. The Bertz CT molecular complexity index is 525. The van der Waals surface area contributed by atoms with E-state index in [1.165, 1.54) is 0 Å². The number of benzene rings is 1. The van der Waals surface area contributed by atoms with Crippen LogP contribution in [-0.4, -0.2) is 47.4 Å². The van der Waals surface area contributed by atoms with Gasteiger partial charge in [0.1, 0.15) is 5.75 Å². The van der Waals surface area contributed by atoms with Gasteiger partial charge in [-0.15, -0.1) is 0 Å². The van der Waals surface area contributed by atoms with Gasteiger partial charge in [0, 0.05) is 13.1 Å². The summed E-state index contributed by atoms with van der Waals surface area (Å²) in [6.07, 6.45) is 2.52. The maximum absolute atomic E-state index is 12.4. The molecule has 0 radical (unpaired) electrons. The van der Waals surface area contributed by atoms with E-state index in [9.17, 15) is 9.90 Å². The van der Waals surface area contributed by atoms with Crippen molar-refractivity contribution in [3.05, 3.63) is 29.8 Å². The Hall–Kier alpha value is -1.75. The average Bonchev–Trinajstić information content (AvgIpc) is 2.99. The van der Waals surface area contributed by atoms with Gasteiger partial charge in [-0.2, -0.15) is 0 Å². The summed E-state index contributed by atoms with van der Waals surface area (Å²) in [5.74, 6) is 0.875. The molecule has 0 aliphatic carbocycles. The van der Waals surface area contributed by atoms with Crippen molar-refractivity contribution >= 4 is 6.03 Å². The van der Waals surface area contributed by atoms with E-state index in [2.05, 4.69) is 5.32 Å². The summed E-state index contributed by atoms with van der Waals surface area (Å²) in [5.41, 5.74) is 0.227. The monoisotopic (exact) mass is 320 g/mol. The van der Waals surface area contributed by atoms with Crippen LogP contribution in [0.3, 0.4) is 0 Å². The molecule has 1 aromatic carbocycles. The molecule has 2 N–H and O–H groups in total. The molecule has 1 heterocycles. The molecular weight excluding hydrogens is 292 g/mol. The topological polar surface area (TPSA) is 61.8 Å². The third-order valence-corrected chi connectivity index (χ3v) is 4.27. The molecule has 1 aliphatic rings. The van der Waals surface area contributed by atoms with Crippen molar-refractivity contribution in [2.45, 2.75) is 51.7 Å². The zero-order valence-electron chi connectivity index (χ0n) is 14.3. The van der Waals surface area contributed by atoms with Gasteiger partial charge in [0.2, 0.25) is 0 Å². The van der Waals surface area contributed by atoms with E-state index >= 15 is 0 Å². The van der Waals surface area contributed by atoms with Crippen LogP contribution >= 0.6 is 0 Å². The highest BCUT2D eigenvalue weighted by molar-refractivity contribution is 5.75. The quantitative estimate of drug-likeness (QED) is 0.847. The fourth-order valence-corrected chi connectivity index (χ4v) is 3.16. The predicted octanol–water partition coefficient (Wildman–Crippen LogP) is 2.57. The van der Waals surface area contributed by atoms with Crippen LogP contribution in [-0.2, 0) is 6.42 Å². The number of likely N-dealkylation sites (tertiary alicyclic amines) is 1. The van der Waals surface area contributed by atoms with Crippen molar-refractivity contribution in [1.82, 2.24) is 10.2 Å². The Morgan fingerprint density at radius 1 is 1.43 bits per heavy atom. The van der Waals surface area contributed by atoms with E-state index < -0.39 is 5.60 Å². The van der Waals surface area contributed by atoms with Crippen LogP contribution in [0.5, 0.6) is 5.75 Å². The molecule has 1 aliphatic heterocycles. The molecule has 0 saturated carbocycles. The number of hydrogen-bond donors (Lipinski definition) is 2. The average molecular weight is 320 g/mol. The molecule has 0 spiro atoms. The Morgan fingerprint density at radius 3 is 2.87 bits per heavy atom. The summed E-state index contributed by atoms with van der Waals surface area (Å²) in [7, 11) is 0. The standard InChI is InChI=1S/C18H28N2O3/c1-4-23-15-9-6-5-8-14(15)11-12-19-17(21)20-13-7-10-16(20)18(2,3)22/h5-6,8-9,16,22H,4,7,10-13H2,1-3H3,(H,19,21). The highest BCUT2D eigenvalue weighted by atomic mass is 16.5. The minimum atomic E-state index is -0.866. The molecule has 5 nitrogen and oxygen atoms in total. The van der Waals surface area contributed by atoms with Gasteiger partial charge < -0.3 is 20.1 Å². The second-order valence-corrected chi connectivity index (χ2v) is 6.53. The largest absolute Gasteiger partial charge is 0.494 e. The number of aliphatic hydroxyl groups is 1. The van der Waals surface area contributed by atoms with Crippen molar-refractivity contribution in [1.29, 1.82) is 0 Å². The van der Waals surface area contributed by atoms with Gasteiger partial charge in [-0.3, -0.25) is 0 Å². The molecule has 5 heteroatoms. The lowest BCUT2D eigenvalue weighted by Gasteiger charge is -2.33. The molecule has 0 bridgehead atoms. The molecule has 1 fully saturated rings. The number of nitrogens with one attached hydrogen (secondary N) is 1. The second-order valence-electron chi connectivity index (χ2n) is 6.53. The first kappa shape index (κ1) is 17.6. The zero-order valence-corrected chi connectivity index (χ0v) is 14.3. The maximum atomic E-state index is 12.4. The first-order valence-electron chi connectivity index (χ1n) is 8.41. The first-order valence-corrected chi connectivity index (χ1v) is 8.41. The van der Waals surface area contributed by atoms with Gasteiger partial charge in [0.15, 0.2) is 0 Å². The Balaban J connectivity index is 1.88. The molecule has 1 saturated heterocycles. The third-order valence-electron chi connectivity index (χ3n) is 4.27. The predicted molar refractivity (Wildman–Crippen MR) is 90.7 cm³/mol. The second kappa shape index (κ2) is 7.68. The van der Waals surface area contributed by atoms with Crippen LogP contribution in [0, 0.1) is 0 Å². The van der Waals surface area contributed by atoms with Crippen molar-refractivity contribution in [2.75, 3.05) is 19.7 Å². The number of ether oxygens (including phenoxy) is 1. The van der Waals surface area contributed by atoms with Crippen LogP contribution in [0.15, 0.2) is 24.3 Å². The molecule has 1 atom stereocenters. The molecule has 1 unspecified atom stereocenters. The lowest BCUT2D eigenvalue weighted by molar-refractivity contribution is 0.00986. The van der Waals surface area contributed by atoms with Crippen molar-refractivity contribution in [2.24, 2.45) is 0 Å². The number of rotatable bonds is 6. The van der Waals surface area contributed by atoms with Crippen LogP contribution in [0.25, 0.3) is 0 Å². The minimum Gasteiger partial charge on any atom is -0.494 e. The summed E-state index contributed by atoms with van der Waals surface area (Å²) < 4.78 is 5.60. The number of amides is 2. The highest BCUT2D eigenvalue weighted by Crippen LogP contribution is 2.26. The van der Waals surface area contributed by atoms with E-state index in [0.717, 1.165) is 30.6 Å². The fourth-order valence-electron chi connectivity index (χ4n) is 3.16. The summed E-state index contributed by atoms with van der Waals surface area (Å²) in [4.78, 5) is 14.1. The third kappa shape index (κ3) is 4.61. The summed E-state index contributed by atoms with van der Waals surface area (Å²) >= 11 is 0. The molecule has 23 heavy (non-hydrogen) atoms. The summed E-state index contributed by atoms with van der Waals surface area (Å²) in [6, 6.07) is 7.69. The number of hydrogen-bond acceptors (Lipinski definition) is 3. The number of urea groups is 1. The maximum Gasteiger partial charge on any atom is 0.317 e. The molecule has 2 amide bonds. The van der Waals surface area contributed by atoms with Crippen LogP contribution in [0.4, 0.5) is 4.79 Å². The van der Waals surface area contributed by atoms with E-state index in [1.54, 1.807) is 18.7 Å². The van der Waals surface area contributed by atoms with Crippen LogP contribution < -0.4 is 10.1 Å². The van der Waals surface area contributed by atoms with Gasteiger partial charge >= 0.3 is 6.03 Å². The number of para-hydroxylation sites is 1. The fraction of sp³-hybridized carbons (Fsp3) is 0.611. The smallest absolute Gasteiger partial charge is 0.317 e. The van der Waals surface area contributed by atoms with Gasteiger partial charge in [-0.25, -0.2) is 4.79 Å². The number of carbonyl (C=O) groups excluding carboxylic acids is 1. The van der Waals surface area contributed by atoms with E-state index in [1.807, 2.05) is 31.2 Å². The molecule has 2 rings (SSSR count). The Kier molecular flexibility index (Phi) is 5.88.